The molecule has 9 heteroatoms. The third-order valence-electron chi connectivity index (χ3n) is 5.38. The molecule has 0 saturated carbocycles. The summed E-state index contributed by atoms with van der Waals surface area (Å²) >= 11 is 1.36. The van der Waals surface area contributed by atoms with Crippen LogP contribution in [0, 0.1) is 5.82 Å². The maximum atomic E-state index is 13.4. The summed E-state index contributed by atoms with van der Waals surface area (Å²) in [4.78, 5) is 15.1. The molecule has 0 spiro atoms. The zero-order chi connectivity index (χ0) is 23.0. The predicted molar refractivity (Wildman–Crippen MR) is 125 cm³/mol. The van der Waals surface area contributed by atoms with Gasteiger partial charge >= 0.3 is 0 Å². The fraction of sp³-hybridized carbons (Fsp3) is 0.375. The Morgan fingerprint density at radius 1 is 1.06 bits per heavy atom. The van der Waals surface area contributed by atoms with Gasteiger partial charge < -0.3 is 14.0 Å². The van der Waals surface area contributed by atoms with Crippen molar-refractivity contribution in [1.82, 2.24) is 19.7 Å². The van der Waals surface area contributed by atoms with Crippen LogP contribution in [0.25, 0.3) is 11.4 Å². The number of carbonyl (C=O) groups is 1. The number of rotatable bonds is 10. The van der Waals surface area contributed by atoms with Gasteiger partial charge in [-0.1, -0.05) is 11.8 Å². The average molecular weight is 471 g/mol. The Morgan fingerprint density at radius 2 is 1.79 bits per heavy atom. The van der Waals surface area contributed by atoms with Gasteiger partial charge in [-0.2, -0.15) is 0 Å². The van der Waals surface area contributed by atoms with E-state index in [-0.39, 0.29) is 17.4 Å². The zero-order valence-electron chi connectivity index (χ0n) is 18.6. The molecule has 2 aromatic carbocycles. The second kappa shape index (κ2) is 11.4. The van der Waals surface area contributed by atoms with Crippen molar-refractivity contribution >= 4 is 17.5 Å². The minimum atomic E-state index is -0.298. The molecule has 1 aliphatic heterocycles. The number of nitrogens with zero attached hydrogens (tertiary/aromatic N) is 4. The lowest BCUT2D eigenvalue weighted by atomic mass is 10.1. The van der Waals surface area contributed by atoms with Crippen LogP contribution in [0.4, 0.5) is 4.39 Å². The SMILES string of the molecule is CCOc1ccc(C(=O)CSc2nnc(-c3ccc(F)cc3)n2CCN2CCOCC2)cc1. The van der Waals surface area contributed by atoms with E-state index in [1.54, 1.807) is 36.4 Å². The molecule has 0 atom stereocenters. The number of Topliss-reactive ketones (excluding diaryl/α,β-unsaturated/α-hetero) is 1. The van der Waals surface area contributed by atoms with Gasteiger partial charge in [0.2, 0.25) is 0 Å². The molecule has 0 aliphatic carbocycles. The van der Waals surface area contributed by atoms with E-state index in [1.807, 2.05) is 11.5 Å². The number of carbonyl (C=O) groups excluding carboxylic acids is 1. The number of halogens is 1. The third kappa shape index (κ3) is 6.19. The highest BCUT2D eigenvalue weighted by atomic mass is 32.2. The molecule has 0 radical (unpaired) electrons. The molecule has 1 fully saturated rings. The van der Waals surface area contributed by atoms with E-state index in [9.17, 15) is 9.18 Å². The first-order valence-corrected chi connectivity index (χ1v) is 12.0. The number of benzene rings is 2. The first-order valence-electron chi connectivity index (χ1n) is 11.0. The number of hydrogen-bond donors (Lipinski definition) is 0. The Hall–Kier alpha value is -2.75. The Balaban J connectivity index is 1.48. The lowest BCUT2D eigenvalue weighted by Gasteiger charge is -2.27. The number of ether oxygens (including phenoxy) is 2. The number of ketones is 1. The molecule has 0 bridgehead atoms. The molecular formula is C24H27FN4O3S. The van der Waals surface area contributed by atoms with Crippen molar-refractivity contribution in [2.75, 3.05) is 45.2 Å². The second-order valence-corrected chi connectivity index (χ2v) is 8.53. The molecule has 4 rings (SSSR count). The largest absolute Gasteiger partial charge is 0.494 e. The Kier molecular flexibility index (Phi) is 8.09. The van der Waals surface area contributed by atoms with Gasteiger partial charge in [0, 0.05) is 37.3 Å². The van der Waals surface area contributed by atoms with Gasteiger partial charge in [0.1, 0.15) is 11.6 Å². The van der Waals surface area contributed by atoms with E-state index in [0.29, 0.717) is 29.7 Å². The highest BCUT2D eigenvalue weighted by Gasteiger charge is 2.18. The van der Waals surface area contributed by atoms with Crippen molar-refractivity contribution in [3.63, 3.8) is 0 Å². The van der Waals surface area contributed by atoms with E-state index in [0.717, 1.165) is 44.2 Å². The Morgan fingerprint density at radius 3 is 2.48 bits per heavy atom. The summed E-state index contributed by atoms with van der Waals surface area (Å²) in [7, 11) is 0. The summed E-state index contributed by atoms with van der Waals surface area (Å²) in [5, 5.41) is 9.38. The minimum absolute atomic E-state index is 0.00844. The number of thioether (sulfide) groups is 1. The zero-order valence-corrected chi connectivity index (χ0v) is 19.4. The molecule has 1 aliphatic rings. The van der Waals surface area contributed by atoms with Gasteiger partial charge in [0.25, 0.3) is 0 Å². The quantitative estimate of drug-likeness (QED) is 0.330. The van der Waals surface area contributed by atoms with Crippen LogP contribution in [-0.4, -0.2) is 70.7 Å². The van der Waals surface area contributed by atoms with Crippen LogP contribution in [0.3, 0.4) is 0 Å². The van der Waals surface area contributed by atoms with Gasteiger partial charge in [-0.3, -0.25) is 9.69 Å². The lowest BCUT2D eigenvalue weighted by molar-refractivity contribution is 0.0361. The lowest BCUT2D eigenvalue weighted by Crippen LogP contribution is -2.38. The number of aromatic nitrogens is 3. The fourth-order valence-corrected chi connectivity index (χ4v) is 4.45. The van der Waals surface area contributed by atoms with Gasteiger partial charge in [0.05, 0.1) is 25.6 Å². The van der Waals surface area contributed by atoms with Crippen LogP contribution in [-0.2, 0) is 11.3 Å². The molecule has 174 valence electrons. The smallest absolute Gasteiger partial charge is 0.191 e. The normalized spacial score (nSPS) is 14.4. The van der Waals surface area contributed by atoms with Crippen LogP contribution in [0.5, 0.6) is 5.75 Å². The van der Waals surface area contributed by atoms with Crippen LogP contribution in [0.2, 0.25) is 0 Å². The van der Waals surface area contributed by atoms with Crippen molar-refractivity contribution in [2.24, 2.45) is 0 Å². The molecule has 1 saturated heterocycles. The van der Waals surface area contributed by atoms with Crippen molar-refractivity contribution in [1.29, 1.82) is 0 Å². The standard InChI is InChI=1S/C24H27FN4O3S/c1-2-32-21-9-5-18(6-10-21)22(30)17-33-24-27-26-23(19-3-7-20(25)8-4-19)29(24)12-11-28-13-15-31-16-14-28/h3-10H,2,11-17H2,1H3. The molecule has 33 heavy (non-hydrogen) atoms. The number of hydrogen-bond acceptors (Lipinski definition) is 7. The van der Waals surface area contributed by atoms with E-state index in [1.165, 1.54) is 23.9 Å². The van der Waals surface area contributed by atoms with Gasteiger partial charge in [0.15, 0.2) is 16.8 Å². The predicted octanol–water partition coefficient (Wildman–Crippen LogP) is 3.79. The summed E-state index contributed by atoms with van der Waals surface area (Å²) in [5.41, 5.74) is 1.42. The van der Waals surface area contributed by atoms with Crippen molar-refractivity contribution < 1.29 is 18.7 Å². The van der Waals surface area contributed by atoms with E-state index in [4.69, 9.17) is 9.47 Å². The molecule has 3 aromatic rings. The molecule has 2 heterocycles. The maximum Gasteiger partial charge on any atom is 0.191 e. The van der Waals surface area contributed by atoms with Crippen LogP contribution < -0.4 is 4.74 Å². The average Bonchev–Trinajstić information content (AvgIpc) is 3.25. The maximum absolute atomic E-state index is 13.4. The highest BCUT2D eigenvalue weighted by molar-refractivity contribution is 7.99. The van der Waals surface area contributed by atoms with Gasteiger partial charge in [-0.05, 0) is 55.5 Å². The van der Waals surface area contributed by atoms with Crippen molar-refractivity contribution in [2.45, 2.75) is 18.6 Å². The molecule has 0 N–H and O–H groups in total. The summed E-state index contributed by atoms with van der Waals surface area (Å²) < 4.78 is 26.3. The summed E-state index contributed by atoms with van der Waals surface area (Å²) in [6, 6.07) is 13.4. The Labute approximate surface area is 196 Å². The molecule has 0 amide bonds. The topological polar surface area (TPSA) is 69.5 Å². The first-order chi connectivity index (χ1) is 16.1. The monoisotopic (exact) mass is 470 g/mol. The third-order valence-corrected chi connectivity index (χ3v) is 6.35. The van der Waals surface area contributed by atoms with Crippen molar-refractivity contribution in [3.05, 3.63) is 59.9 Å². The fourth-order valence-electron chi connectivity index (χ4n) is 3.59. The van der Waals surface area contributed by atoms with E-state index >= 15 is 0 Å². The van der Waals surface area contributed by atoms with Gasteiger partial charge in [-0.15, -0.1) is 10.2 Å². The second-order valence-electron chi connectivity index (χ2n) is 7.59. The Bertz CT molecular complexity index is 1050. The molecule has 1 aromatic heterocycles. The summed E-state index contributed by atoms with van der Waals surface area (Å²) in [6.45, 7) is 7.20. The van der Waals surface area contributed by atoms with Crippen molar-refractivity contribution in [3.8, 4) is 17.1 Å². The first kappa shape index (κ1) is 23.4. The molecule has 7 nitrogen and oxygen atoms in total. The molecular weight excluding hydrogens is 443 g/mol. The van der Waals surface area contributed by atoms with E-state index in [2.05, 4.69) is 15.1 Å². The van der Waals surface area contributed by atoms with Crippen LogP contribution in [0.1, 0.15) is 17.3 Å². The summed E-state index contributed by atoms with van der Waals surface area (Å²) in [6.07, 6.45) is 0. The van der Waals surface area contributed by atoms with Gasteiger partial charge in [-0.25, -0.2) is 4.39 Å². The van der Waals surface area contributed by atoms with E-state index < -0.39 is 0 Å². The molecule has 0 unspecified atom stereocenters. The number of morpholine rings is 1. The minimum Gasteiger partial charge on any atom is -0.494 e. The summed E-state index contributed by atoms with van der Waals surface area (Å²) in [5.74, 6) is 1.36. The van der Waals surface area contributed by atoms with Crippen LogP contribution >= 0.6 is 11.8 Å². The highest BCUT2D eigenvalue weighted by Crippen LogP contribution is 2.25. The van der Waals surface area contributed by atoms with Crippen LogP contribution in [0.15, 0.2) is 53.7 Å².